The lowest BCUT2D eigenvalue weighted by Gasteiger charge is -2.11. The molecule has 0 unspecified atom stereocenters. The average molecular weight is 305 g/mol. The monoisotopic (exact) mass is 305 g/mol. The maximum Gasteiger partial charge on any atom is 0.335 e. The number of hydrogen-bond acceptors (Lipinski definition) is 2. The van der Waals surface area contributed by atoms with E-state index < -0.39 is 5.97 Å². The number of carbonyl (C=O) groups is 1. The van der Waals surface area contributed by atoms with Gasteiger partial charge < -0.3 is 10.1 Å². The first-order chi connectivity index (χ1) is 11.1. The van der Waals surface area contributed by atoms with Gasteiger partial charge >= 0.3 is 5.97 Å². The van der Waals surface area contributed by atoms with E-state index in [1.54, 1.807) is 12.1 Å². The van der Waals surface area contributed by atoms with Gasteiger partial charge in [-0.15, -0.1) is 6.58 Å². The largest absolute Gasteiger partial charge is 0.478 e. The Balaban J connectivity index is 2.35. The van der Waals surface area contributed by atoms with Gasteiger partial charge in [0.25, 0.3) is 0 Å². The summed E-state index contributed by atoms with van der Waals surface area (Å²) in [5.41, 5.74) is 2.78. The standard InChI is InChI=1S/C19H15NO3/c1-2-6-14-17(12-7-4-3-5-8-12)20-16-10-9-13(19(22)23)11-15(16)18(14)21/h2-5,7-11H,1,6H2,(H,20,21)(H,22,23). The van der Waals surface area contributed by atoms with Crippen LogP contribution in [0.1, 0.15) is 15.9 Å². The van der Waals surface area contributed by atoms with Gasteiger partial charge in [0.2, 0.25) is 0 Å². The van der Waals surface area contributed by atoms with Gasteiger partial charge in [0.15, 0.2) is 5.43 Å². The highest BCUT2D eigenvalue weighted by molar-refractivity contribution is 5.94. The van der Waals surface area contributed by atoms with Crippen LogP contribution in [0.5, 0.6) is 0 Å². The molecule has 4 heteroatoms. The van der Waals surface area contributed by atoms with Gasteiger partial charge in [0, 0.05) is 16.5 Å². The van der Waals surface area contributed by atoms with Gasteiger partial charge in [0.1, 0.15) is 0 Å². The Morgan fingerprint density at radius 3 is 2.57 bits per heavy atom. The molecule has 0 aliphatic carbocycles. The minimum absolute atomic E-state index is 0.0972. The lowest BCUT2D eigenvalue weighted by molar-refractivity contribution is 0.0697. The Labute approximate surface area is 132 Å². The number of H-pyrrole nitrogens is 1. The van der Waals surface area contributed by atoms with Gasteiger partial charge in [-0.05, 0) is 30.2 Å². The SMILES string of the molecule is C=CCc1c(-c2ccccc2)[nH]c2ccc(C(=O)O)cc2c1=O. The van der Waals surface area contributed by atoms with Gasteiger partial charge in [-0.2, -0.15) is 0 Å². The fourth-order valence-corrected chi connectivity index (χ4v) is 2.65. The number of aromatic nitrogens is 1. The molecule has 3 rings (SSSR count). The molecule has 114 valence electrons. The molecular formula is C19H15NO3. The summed E-state index contributed by atoms with van der Waals surface area (Å²) >= 11 is 0. The zero-order chi connectivity index (χ0) is 16.4. The third kappa shape index (κ3) is 2.66. The second-order valence-corrected chi connectivity index (χ2v) is 5.23. The van der Waals surface area contributed by atoms with Crippen LogP contribution in [-0.4, -0.2) is 16.1 Å². The van der Waals surface area contributed by atoms with Gasteiger partial charge in [-0.25, -0.2) is 4.79 Å². The number of aromatic carboxylic acids is 1. The number of fused-ring (bicyclic) bond motifs is 1. The molecule has 0 radical (unpaired) electrons. The van der Waals surface area contributed by atoms with Crippen LogP contribution >= 0.6 is 0 Å². The lowest BCUT2D eigenvalue weighted by atomic mass is 9.99. The van der Waals surface area contributed by atoms with Crippen molar-refractivity contribution in [2.24, 2.45) is 0 Å². The first-order valence-electron chi connectivity index (χ1n) is 7.20. The van der Waals surface area contributed by atoms with Crippen LogP contribution in [0.25, 0.3) is 22.2 Å². The van der Waals surface area contributed by atoms with E-state index in [9.17, 15) is 9.59 Å². The van der Waals surface area contributed by atoms with Crippen molar-refractivity contribution in [3.05, 3.63) is 82.5 Å². The van der Waals surface area contributed by atoms with Crippen LogP contribution in [0, 0.1) is 0 Å². The predicted molar refractivity (Wildman–Crippen MR) is 90.9 cm³/mol. The van der Waals surface area contributed by atoms with E-state index in [1.165, 1.54) is 12.1 Å². The highest BCUT2D eigenvalue weighted by atomic mass is 16.4. The van der Waals surface area contributed by atoms with Crippen molar-refractivity contribution in [1.82, 2.24) is 4.98 Å². The lowest BCUT2D eigenvalue weighted by Crippen LogP contribution is -2.13. The minimum Gasteiger partial charge on any atom is -0.478 e. The fraction of sp³-hybridized carbons (Fsp3) is 0.0526. The topological polar surface area (TPSA) is 70.2 Å². The summed E-state index contributed by atoms with van der Waals surface area (Å²) in [6, 6.07) is 14.1. The normalized spacial score (nSPS) is 10.6. The first kappa shape index (κ1) is 14.8. The second kappa shape index (κ2) is 5.93. The summed E-state index contributed by atoms with van der Waals surface area (Å²) in [6.45, 7) is 3.71. The van der Waals surface area contributed by atoms with E-state index >= 15 is 0 Å². The van der Waals surface area contributed by atoms with Crippen molar-refractivity contribution in [2.45, 2.75) is 6.42 Å². The molecular weight excluding hydrogens is 290 g/mol. The Morgan fingerprint density at radius 1 is 1.17 bits per heavy atom. The van der Waals surface area contributed by atoms with Crippen molar-refractivity contribution in [1.29, 1.82) is 0 Å². The number of hydrogen-bond donors (Lipinski definition) is 2. The number of carboxylic acids is 1. The van der Waals surface area contributed by atoms with Crippen LogP contribution in [0.4, 0.5) is 0 Å². The highest BCUT2D eigenvalue weighted by Crippen LogP contribution is 2.23. The second-order valence-electron chi connectivity index (χ2n) is 5.23. The number of benzene rings is 2. The van der Waals surface area contributed by atoms with Gasteiger partial charge in [0.05, 0.1) is 11.3 Å². The Morgan fingerprint density at radius 2 is 1.91 bits per heavy atom. The molecule has 2 N–H and O–H groups in total. The Bertz CT molecular complexity index is 956. The van der Waals surface area contributed by atoms with Crippen LogP contribution in [0.15, 0.2) is 66.0 Å². The number of carboxylic acid groups (broad SMARTS) is 1. The van der Waals surface area contributed by atoms with Crippen molar-refractivity contribution in [2.75, 3.05) is 0 Å². The van der Waals surface area contributed by atoms with Crippen LogP contribution in [-0.2, 0) is 6.42 Å². The average Bonchev–Trinajstić information content (AvgIpc) is 2.57. The summed E-state index contributed by atoms with van der Waals surface area (Å²) in [5, 5.41) is 9.49. The molecule has 0 bridgehead atoms. The molecule has 3 aromatic rings. The molecule has 1 heterocycles. The zero-order valence-electron chi connectivity index (χ0n) is 12.4. The van der Waals surface area contributed by atoms with Crippen molar-refractivity contribution >= 4 is 16.9 Å². The summed E-state index contributed by atoms with van der Waals surface area (Å²) in [6.07, 6.45) is 2.08. The zero-order valence-corrected chi connectivity index (χ0v) is 12.4. The molecule has 0 amide bonds. The molecule has 0 aliphatic rings. The summed E-state index contributed by atoms with van der Waals surface area (Å²) in [4.78, 5) is 27.2. The Hall–Kier alpha value is -3.14. The summed E-state index contributed by atoms with van der Waals surface area (Å²) in [5.74, 6) is -1.05. The minimum atomic E-state index is -1.05. The quantitative estimate of drug-likeness (QED) is 0.723. The molecule has 0 saturated carbocycles. The first-order valence-corrected chi connectivity index (χ1v) is 7.20. The van der Waals surface area contributed by atoms with Gasteiger partial charge in [-0.3, -0.25) is 4.79 Å². The Kier molecular flexibility index (Phi) is 3.81. The van der Waals surface area contributed by atoms with E-state index in [4.69, 9.17) is 5.11 Å². The van der Waals surface area contributed by atoms with Gasteiger partial charge in [-0.1, -0.05) is 36.4 Å². The van der Waals surface area contributed by atoms with E-state index in [2.05, 4.69) is 11.6 Å². The number of nitrogens with one attached hydrogen (secondary N) is 1. The van der Waals surface area contributed by atoms with Crippen LogP contribution in [0.2, 0.25) is 0 Å². The smallest absolute Gasteiger partial charge is 0.335 e. The van der Waals surface area contributed by atoms with Crippen molar-refractivity contribution < 1.29 is 9.90 Å². The maximum atomic E-state index is 12.8. The van der Waals surface area contributed by atoms with E-state index in [0.29, 0.717) is 22.9 Å². The van der Waals surface area contributed by atoms with Crippen molar-refractivity contribution in [3.8, 4) is 11.3 Å². The van der Waals surface area contributed by atoms with Crippen LogP contribution in [0.3, 0.4) is 0 Å². The fourth-order valence-electron chi connectivity index (χ4n) is 2.65. The third-order valence-corrected chi connectivity index (χ3v) is 3.76. The number of rotatable bonds is 4. The highest BCUT2D eigenvalue weighted by Gasteiger charge is 2.14. The molecule has 0 fully saturated rings. The molecule has 2 aromatic carbocycles. The number of pyridine rings is 1. The molecule has 0 spiro atoms. The van der Waals surface area contributed by atoms with E-state index in [1.807, 2.05) is 30.3 Å². The summed E-state index contributed by atoms with van der Waals surface area (Å²) < 4.78 is 0. The molecule has 1 aromatic heterocycles. The molecule has 23 heavy (non-hydrogen) atoms. The molecule has 0 atom stereocenters. The molecule has 0 aliphatic heterocycles. The van der Waals surface area contributed by atoms with Crippen molar-refractivity contribution in [3.63, 3.8) is 0 Å². The van der Waals surface area contributed by atoms with Crippen LogP contribution < -0.4 is 5.43 Å². The predicted octanol–water partition coefficient (Wildman–Crippen LogP) is 3.62. The number of aromatic amines is 1. The molecule has 4 nitrogen and oxygen atoms in total. The van der Waals surface area contributed by atoms with E-state index in [-0.39, 0.29) is 11.0 Å². The maximum absolute atomic E-state index is 12.8. The molecule has 0 saturated heterocycles. The number of allylic oxidation sites excluding steroid dienone is 1. The van der Waals surface area contributed by atoms with E-state index in [0.717, 1.165) is 11.3 Å². The summed E-state index contributed by atoms with van der Waals surface area (Å²) in [7, 11) is 0. The third-order valence-electron chi connectivity index (χ3n) is 3.76.